The van der Waals surface area contributed by atoms with Crippen molar-refractivity contribution in [3.63, 3.8) is 0 Å². The number of rotatable bonds is 8. The molecule has 1 saturated heterocycles. The third-order valence-corrected chi connectivity index (χ3v) is 6.22. The van der Waals surface area contributed by atoms with Gasteiger partial charge in [-0.15, -0.1) is 0 Å². The predicted octanol–water partition coefficient (Wildman–Crippen LogP) is 5.28. The molecule has 1 heterocycles. The molecule has 4 rings (SSSR count). The highest BCUT2D eigenvalue weighted by molar-refractivity contribution is 6.46. The largest absolute Gasteiger partial charge is 0.507 e. The zero-order chi connectivity index (χ0) is 24.9. The topological polar surface area (TPSA) is 76.1 Å². The maximum Gasteiger partial charge on any atom is 0.295 e. The smallest absolute Gasteiger partial charge is 0.295 e. The van der Waals surface area contributed by atoms with E-state index in [2.05, 4.69) is 0 Å². The van der Waals surface area contributed by atoms with Crippen LogP contribution in [0.5, 0.6) is 11.5 Å². The third-order valence-electron chi connectivity index (χ3n) is 6.22. The van der Waals surface area contributed by atoms with Crippen molar-refractivity contribution < 1.29 is 24.2 Å². The van der Waals surface area contributed by atoms with Crippen molar-refractivity contribution in [3.8, 4) is 11.5 Å². The van der Waals surface area contributed by atoms with Crippen molar-refractivity contribution in [2.45, 2.75) is 32.9 Å². The van der Waals surface area contributed by atoms with E-state index >= 15 is 0 Å². The number of aliphatic hydroxyl groups is 1. The highest BCUT2D eigenvalue weighted by Crippen LogP contribution is 2.41. The Morgan fingerprint density at radius 3 is 2.26 bits per heavy atom. The van der Waals surface area contributed by atoms with Crippen molar-refractivity contribution in [1.82, 2.24) is 4.90 Å². The number of ether oxygens (including phenoxy) is 2. The SMILES string of the molecule is CCOc1ccc(C2/C(=C(\O)c3ccc(CC)cc3)C(=O)C(=O)N2Cc2ccccc2OC)cc1. The molecule has 3 aromatic rings. The number of likely N-dealkylation sites (tertiary alicyclic amines) is 1. The molecule has 0 spiro atoms. The van der Waals surface area contributed by atoms with Gasteiger partial charge in [-0.05, 0) is 42.7 Å². The van der Waals surface area contributed by atoms with Crippen molar-refractivity contribution >= 4 is 17.4 Å². The number of nitrogens with zero attached hydrogens (tertiary/aromatic N) is 1. The summed E-state index contributed by atoms with van der Waals surface area (Å²) in [4.78, 5) is 28.0. The van der Waals surface area contributed by atoms with Crippen molar-refractivity contribution in [2.24, 2.45) is 0 Å². The second-order valence-electron chi connectivity index (χ2n) is 8.29. The molecule has 1 unspecified atom stereocenters. The summed E-state index contributed by atoms with van der Waals surface area (Å²) in [5.41, 5.74) is 3.14. The summed E-state index contributed by atoms with van der Waals surface area (Å²) in [6.45, 7) is 4.63. The van der Waals surface area contributed by atoms with E-state index in [9.17, 15) is 14.7 Å². The normalized spacial score (nSPS) is 17.0. The van der Waals surface area contributed by atoms with Crippen LogP contribution in [0.2, 0.25) is 0 Å². The van der Waals surface area contributed by atoms with E-state index in [0.29, 0.717) is 29.2 Å². The number of ketones is 1. The third kappa shape index (κ3) is 4.78. The Balaban J connectivity index is 1.83. The molecule has 1 amide bonds. The minimum absolute atomic E-state index is 0.0679. The van der Waals surface area contributed by atoms with E-state index in [-0.39, 0.29) is 17.9 Å². The number of carbonyl (C=O) groups is 2. The number of benzene rings is 3. The monoisotopic (exact) mass is 471 g/mol. The minimum Gasteiger partial charge on any atom is -0.507 e. The summed E-state index contributed by atoms with van der Waals surface area (Å²) in [5, 5.41) is 11.3. The molecule has 0 radical (unpaired) electrons. The standard InChI is InChI=1S/C29H29NO5/c1-4-19-10-12-21(13-11-19)27(31)25-26(20-14-16-23(17-15-20)35-5-2)30(29(33)28(25)32)18-22-8-6-7-9-24(22)34-3/h6-17,26,31H,4-5,18H2,1-3H3/b27-25+. The minimum atomic E-state index is -0.763. The van der Waals surface area contributed by atoms with Crippen LogP contribution < -0.4 is 9.47 Å². The molecule has 180 valence electrons. The maximum absolute atomic E-state index is 13.3. The first-order chi connectivity index (χ1) is 17.0. The summed E-state index contributed by atoms with van der Waals surface area (Å²) in [6.07, 6.45) is 0.858. The zero-order valence-corrected chi connectivity index (χ0v) is 20.2. The van der Waals surface area contributed by atoms with Crippen LogP contribution in [0.3, 0.4) is 0 Å². The van der Waals surface area contributed by atoms with Gasteiger partial charge in [0.25, 0.3) is 11.7 Å². The van der Waals surface area contributed by atoms with Gasteiger partial charge in [-0.2, -0.15) is 0 Å². The van der Waals surface area contributed by atoms with Gasteiger partial charge in [-0.25, -0.2) is 0 Å². The lowest BCUT2D eigenvalue weighted by molar-refractivity contribution is -0.140. The van der Waals surface area contributed by atoms with Crippen LogP contribution in [0.25, 0.3) is 5.76 Å². The molecule has 1 aliphatic rings. The first-order valence-electron chi connectivity index (χ1n) is 11.7. The van der Waals surface area contributed by atoms with Gasteiger partial charge in [0, 0.05) is 11.1 Å². The lowest BCUT2D eigenvalue weighted by atomic mass is 9.94. The Labute approximate surface area is 205 Å². The van der Waals surface area contributed by atoms with Crippen LogP contribution in [0.4, 0.5) is 0 Å². The molecule has 1 atom stereocenters. The Morgan fingerprint density at radius 1 is 0.943 bits per heavy atom. The van der Waals surface area contributed by atoms with Crippen LogP contribution in [-0.4, -0.2) is 35.4 Å². The molecule has 35 heavy (non-hydrogen) atoms. The van der Waals surface area contributed by atoms with E-state index in [4.69, 9.17) is 9.47 Å². The molecule has 0 bridgehead atoms. The Morgan fingerprint density at radius 2 is 1.63 bits per heavy atom. The second-order valence-corrected chi connectivity index (χ2v) is 8.29. The average molecular weight is 472 g/mol. The van der Waals surface area contributed by atoms with Crippen LogP contribution in [-0.2, 0) is 22.6 Å². The van der Waals surface area contributed by atoms with Gasteiger partial charge in [-0.1, -0.05) is 61.5 Å². The molecular weight excluding hydrogens is 442 g/mol. The number of para-hydroxylation sites is 1. The van der Waals surface area contributed by atoms with Gasteiger partial charge >= 0.3 is 0 Å². The number of carbonyl (C=O) groups excluding carboxylic acids is 2. The Hall–Kier alpha value is -4.06. The van der Waals surface area contributed by atoms with Gasteiger partial charge < -0.3 is 19.5 Å². The lowest BCUT2D eigenvalue weighted by Gasteiger charge is -2.26. The fourth-order valence-electron chi connectivity index (χ4n) is 4.37. The summed E-state index contributed by atoms with van der Waals surface area (Å²) in [6, 6.07) is 21.2. The highest BCUT2D eigenvalue weighted by atomic mass is 16.5. The quantitative estimate of drug-likeness (QED) is 0.275. The summed E-state index contributed by atoms with van der Waals surface area (Å²) < 4.78 is 11.0. The van der Waals surface area contributed by atoms with E-state index < -0.39 is 17.7 Å². The lowest BCUT2D eigenvalue weighted by Crippen LogP contribution is -2.29. The molecule has 6 heteroatoms. The molecule has 3 aromatic carbocycles. The molecule has 0 aromatic heterocycles. The van der Waals surface area contributed by atoms with E-state index in [0.717, 1.165) is 17.5 Å². The first-order valence-corrected chi connectivity index (χ1v) is 11.7. The molecular formula is C29H29NO5. The van der Waals surface area contributed by atoms with Crippen molar-refractivity contribution in [2.75, 3.05) is 13.7 Å². The van der Waals surface area contributed by atoms with Crippen LogP contribution in [0.15, 0.2) is 78.4 Å². The fraction of sp³-hybridized carbons (Fsp3) is 0.241. The van der Waals surface area contributed by atoms with Gasteiger partial charge in [0.1, 0.15) is 17.3 Å². The van der Waals surface area contributed by atoms with E-state index in [1.807, 2.05) is 62.4 Å². The van der Waals surface area contributed by atoms with Crippen molar-refractivity contribution in [3.05, 3.63) is 101 Å². The molecule has 0 saturated carbocycles. The number of aryl methyl sites for hydroxylation is 1. The number of hydrogen-bond donors (Lipinski definition) is 1. The predicted molar refractivity (Wildman–Crippen MR) is 134 cm³/mol. The number of methoxy groups -OCH3 is 1. The van der Waals surface area contributed by atoms with Crippen LogP contribution >= 0.6 is 0 Å². The van der Waals surface area contributed by atoms with Gasteiger partial charge in [0.2, 0.25) is 0 Å². The zero-order valence-electron chi connectivity index (χ0n) is 20.2. The number of aliphatic hydroxyl groups excluding tert-OH is 1. The van der Waals surface area contributed by atoms with E-state index in [1.165, 1.54) is 4.90 Å². The van der Waals surface area contributed by atoms with Crippen LogP contribution in [0.1, 0.15) is 42.1 Å². The number of hydrogen-bond acceptors (Lipinski definition) is 5. The molecule has 1 fully saturated rings. The molecule has 1 aliphatic heterocycles. The first kappa shape index (κ1) is 24.1. The molecule has 1 N–H and O–H groups in total. The Kier molecular flexibility index (Phi) is 7.20. The van der Waals surface area contributed by atoms with Gasteiger partial charge in [-0.3, -0.25) is 9.59 Å². The van der Waals surface area contributed by atoms with Gasteiger partial charge in [0.05, 0.1) is 31.9 Å². The fourth-order valence-corrected chi connectivity index (χ4v) is 4.37. The molecule has 6 nitrogen and oxygen atoms in total. The molecule has 0 aliphatic carbocycles. The van der Waals surface area contributed by atoms with Crippen LogP contribution in [0, 0.1) is 0 Å². The summed E-state index contributed by atoms with van der Waals surface area (Å²) >= 11 is 0. The van der Waals surface area contributed by atoms with Crippen molar-refractivity contribution in [1.29, 1.82) is 0 Å². The number of Topliss-reactive ketones (excluding diaryl/α,β-unsaturated/α-hetero) is 1. The number of amides is 1. The average Bonchev–Trinajstić information content (AvgIpc) is 3.14. The van der Waals surface area contributed by atoms with Gasteiger partial charge in [0.15, 0.2) is 0 Å². The highest BCUT2D eigenvalue weighted by Gasteiger charge is 2.46. The van der Waals surface area contributed by atoms with E-state index in [1.54, 1.807) is 31.4 Å². The second kappa shape index (κ2) is 10.5. The Bertz CT molecular complexity index is 1240. The summed E-state index contributed by atoms with van der Waals surface area (Å²) in [5.74, 6) is -0.257. The maximum atomic E-state index is 13.3. The summed E-state index contributed by atoms with van der Waals surface area (Å²) in [7, 11) is 1.57.